The number of hydrogen-bond acceptors (Lipinski definition) is 4. The molecule has 0 aromatic heterocycles. The van der Waals surface area contributed by atoms with Crippen LogP contribution >= 0.6 is 0 Å². The van der Waals surface area contributed by atoms with E-state index in [1.165, 1.54) is 12.1 Å². The van der Waals surface area contributed by atoms with E-state index >= 15 is 0 Å². The van der Waals surface area contributed by atoms with Crippen LogP contribution in [0.3, 0.4) is 0 Å². The molecule has 1 atom stereocenters. The summed E-state index contributed by atoms with van der Waals surface area (Å²) >= 11 is 0. The molecule has 1 fully saturated rings. The van der Waals surface area contributed by atoms with E-state index in [-0.39, 0.29) is 5.82 Å². The second-order valence-corrected chi connectivity index (χ2v) is 5.24. The lowest BCUT2D eigenvalue weighted by Crippen LogP contribution is -2.18. The normalized spacial score (nSPS) is 18.1. The third-order valence-corrected chi connectivity index (χ3v) is 3.48. The van der Waals surface area contributed by atoms with Crippen LogP contribution in [-0.4, -0.2) is 39.6 Å². The number of hydrogen-bond donors (Lipinski definition) is 1. The van der Waals surface area contributed by atoms with Crippen LogP contribution in [0.5, 0.6) is 5.75 Å². The van der Waals surface area contributed by atoms with Gasteiger partial charge in [-0.05, 0) is 30.5 Å². The molecule has 1 aromatic rings. The number of nitrogens with one attached hydrogen (secondary N) is 1. The van der Waals surface area contributed by atoms with Crippen LogP contribution < -0.4 is 10.1 Å². The van der Waals surface area contributed by atoms with Crippen molar-refractivity contribution in [3.8, 4) is 5.75 Å². The Hall–Kier alpha value is -1.17. The molecular formula is C16H24FNO3. The first kappa shape index (κ1) is 16.2. The molecule has 5 heteroatoms. The van der Waals surface area contributed by atoms with Crippen molar-refractivity contribution in [1.29, 1.82) is 0 Å². The minimum absolute atomic E-state index is 0.270. The lowest BCUT2D eigenvalue weighted by atomic mass is 10.2. The lowest BCUT2D eigenvalue weighted by molar-refractivity contribution is 0.0903. The molecule has 1 aliphatic heterocycles. The molecule has 1 heterocycles. The van der Waals surface area contributed by atoms with Crippen LogP contribution in [0.15, 0.2) is 18.2 Å². The molecular weight excluding hydrogens is 273 g/mol. The van der Waals surface area contributed by atoms with Gasteiger partial charge in [0.15, 0.2) is 0 Å². The number of methoxy groups -OCH3 is 1. The van der Waals surface area contributed by atoms with Gasteiger partial charge in [0.25, 0.3) is 0 Å². The van der Waals surface area contributed by atoms with E-state index in [2.05, 4.69) is 5.32 Å². The Morgan fingerprint density at radius 3 is 3.00 bits per heavy atom. The zero-order valence-electron chi connectivity index (χ0n) is 12.6. The van der Waals surface area contributed by atoms with Crippen LogP contribution in [0.1, 0.15) is 24.8 Å². The van der Waals surface area contributed by atoms with Crippen molar-refractivity contribution in [3.63, 3.8) is 0 Å². The predicted octanol–water partition coefficient (Wildman–Crippen LogP) is 2.51. The summed E-state index contributed by atoms with van der Waals surface area (Å²) in [6.07, 6.45) is 3.38. The fourth-order valence-electron chi connectivity index (χ4n) is 2.39. The zero-order chi connectivity index (χ0) is 14.9. The average Bonchev–Trinajstić information content (AvgIpc) is 2.96. The van der Waals surface area contributed by atoms with E-state index in [1.807, 2.05) is 6.07 Å². The predicted molar refractivity (Wildman–Crippen MR) is 79.1 cm³/mol. The number of benzene rings is 1. The molecule has 4 nitrogen and oxygen atoms in total. The maximum atomic E-state index is 13.6. The highest BCUT2D eigenvalue weighted by atomic mass is 19.1. The molecule has 0 radical (unpaired) electrons. The standard InChI is InChI=1S/C16H24FNO3/c1-19-8-5-18-12-13-9-14(17)11-16(10-13)21-7-4-15-3-2-6-20-15/h9-11,15,18H,2-8,12H2,1H3. The molecule has 21 heavy (non-hydrogen) atoms. The third-order valence-electron chi connectivity index (χ3n) is 3.48. The van der Waals surface area contributed by atoms with E-state index in [1.54, 1.807) is 7.11 Å². The second-order valence-electron chi connectivity index (χ2n) is 5.24. The Bertz CT molecular complexity index is 422. The van der Waals surface area contributed by atoms with Crippen molar-refractivity contribution in [3.05, 3.63) is 29.6 Å². The van der Waals surface area contributed by atoms with E-state index in [4.69, 9.17) is 14.2 Å². The van der Waals surface area contributed by atoms with E-state index < -0.39 is 0 Å². The highest BCUT2D eigenvalue weighted by Crippen LogP contribution is 2.19. The Labute approximate surface area is 125 Å². The highest BCUT2D eigenvalue weighted by molar-refractivity contribution is 5.29. The smallest absolute Gasteiger partial charge is 0.127 e. The quantitative estimate of drug-likeness (QED) is 0.711. The van der Waals surface area contributed by atoms with Gasteiger partial charge in [0.05, 0.1) is 19.3 Å². The van der Waals surface area contributed by atoms with Crippen LogP contribution in [0.25, 0.3) is 0 Å². The number of halogens is 1. The Balaban J connectivity index is 1.77. The van der Waals surface area contributed by atoms with Gasteiger partial charge in [0, 0.05) is 39.3 Å². The molecule has 2 rings (SSSR count). The average molecular weight is 297 g/mol. The molecule has 0 bridgehead atoms. The summed E-state index contributed by atoms with van der Waals surface area (Å²) in [6.45, 7) is 3.39. The van der Waals surface area contributed by atoms with Gasteiger partial charge < -0.3 is 19.5 Å². The second kappa shape index (κ2) is 8.97. The fraction of sp³-hybridized carbons (Fsp3) is 0.625. The van der Waals surface area contributed by atoms with Crippen molar-refractivity contribution in [1.82, 2.24) is 5.32 Å². The summed E-state index contributed by atoms with van der Waals surface area (Å²) in [4.78, 5) is 0. The molecule has 1 aromatic carbocycles. The van der Waals surface area contributed by atoms with E-state index in [9.17, 15) is 4.39 Å². The molecule has 118 valence electrons. The van der Waals surface area contributed by atoms with E-state index in [0.29, 0.717) is 31.6 Å². The molecule has 0 aliphatic carbocycles. The van der Waals surface area contributed by atoms with Gasteiger partial charge in [-0.3, -0.25) is 0 Å². The number of rotatable bonds is 9. The Kier molecular flexibility index (Phi) is 6.92. The number of ether oxygens (including phenoxy) is 3. The van der Waals surface area contributed by atoms with Crippen molar-refractivity contribution in [2.24, 2.45) is 0 Å². The summed E-state index contributed by atoms with van der Waals surface area (Å²) in [6, 6.07) is 4.82. The fourth-order valence-corrected chi connectivity index (χ4v) is 2.39. The molecule has 0 spiro atoms. The summed E-state index contributed by atoms with van der Waals surface area (Å²) in [5.41, 5.74) is 0.873. The van der Waals surface area contributed by atoms with Crippen LogP contribution in [0, 0.1) is 5.82 Å². The summed E-state index contributed by atoms with van der Waals surface area (Å²) in [7, 11) is 1.66. The van der Waals surface area contributed by atoms with Gasteiger partial charge in [0.1, 0.15) is 11.6 Å². The topological polar surface area (TPSA) is 39.7 Å². The van der Waals surface area contributed by atoms with Crippen molar-refractivity contribution >= 4 is 0 Å². The van der Waals surface area contributed by atoms with Gasteiger partial charge in [-0.25, -0.2) is 4.39 Å². The zero-order valence-corrected chi connectivity index (χ0v) is 12.6. The van der Waals surface area contributed by atoms with Crippen molar-refractivity contribution in [2.75, 3.05) is 33.5 Å². The van der Waals surface area contributed by atoms with Gasteiger partial charge >= 0.3 is 0 Å². The Morgan fingerprint density at radius 1 is 1.33 bits per heavy atom. The largest absolute Gasteiger partial charge is 0.493 e. The molecule has 0 saturated carbocycles. The highest BCUT2D eigenvalue weighted by Gasteiger charge is 2.15. The molecule has 1 aliphatic rings. The molecule has 1 unspecified atom stereocenters. The van der Waals surface area contributed by atoms with E-state index in [0.717, 1.165) is 38.0 Å². The van der Waals surface area contributed by atoms with Gasteiger partial charge in [0.2, 0.25) is 0 Å². The molecule has 1 N–H and O–H groups in total. The lowest BCUT2D eigenvalue weighted by Gasteiger charge is -2.12. The van der Waals surface area contributed by atoms with Gasteiger partial charge in [-0.2, -0.15) is 0 Å². The monoisotopic (exact) mass is 297 g/mol. The first-order valence-corrected chi connectivity index (χ1v) is 7.51. The van der Waals surface area contributed by atoms with Crippen molar-refractivity contribution < 1.29 is 18.6 Å². The first-order chi connectivity index (χ1) is 10.3. The van der Waals surface area contributed by atoms with Gasteiger partial charge in [-0.1, -0.05) is 0 Å². The maximum Gasteiger partial charge on any atom is 0.127 e. The summed E-state index contributed by atoms with van der Waals surface area (Å²) in [5, 5.41) is 3.19. The summed E-state index contributed by atoms with van der Waals surface area (Å²) in [5.74, 6) is 0.310. The van der Waals surface area contributed by atoms with Crippen molar-refractivity contribution in [2.45, 2.75) is 31.9 Å². The SMILES string of the molecule is COCCNCc1cc(F)cc(OCCC2CCCO2)c1. The van der Waals surface area contributed by atoms with Gasteiger partial charge in [-0.15, -0.1) is 0 Å². The van der Waals surface area contributed by atoms with Crippen LogP contribution in [-0.2, 0) is 16.0 Å². The minimum atomic E-state index is -0.270. The third kappa shape index (κ3) is 5.99. The maximum absolute atomic E-state index is 13.6. The summed E-state index contributed by atoms with van der Waals surface area (Å²) < 4.78 is 29.7. The molecule has 0 amide bonds. The van der Waals surface area contributed by atoms with Crippen LogP contribution in [0.2, 0.25) is 0 Å². The first-order valence-electron chi connectivity index (χ1n) is 7.51. The minimum Gasteiger partial charge on any atom is -0.493 e. The van der Waals surface area contributed by atoms with Crippen LogP contribution in [0.4, 0.5) is 4.39 Å². The molecule has 1 saturated heterocycles. The Morgan fingerprint density at radius 2 is 2.24 bits per heavy atom.